The highest BCUT2D eigenvalue weighted by atomic mass is 16.6. The van der Waals surface area contributed by atoms with Crippen LogP contribution in [-0.4, -0.2) is 20.8 Å². The van der Waals surface area contributed by atoms with Crippen LogP contribution in [0.25, 0.3) is 10.8 Å². The maximum Gasteiger partial charge on any atom is 0.354 e. The lowest BCUT2D eigenvalue weighted by atomic mass is 10.0. The third kappa shape index (κ3) is 2.77. The van der Waals surface area contributed by atoms with Crippen molar-refractivity contribution in [3.05, 3.63) is 64.5 Å². The highest BCUT2D eigenvalue weighted by molar-refractivity contribution is 6.07. The number of amides is 1. The second kappa shape index (κ2) is 6.16. The minimum absolute atomic E-state index is 0.193. The molecule has 0 aliphatic rings. The fourth-order valence-corrected chi connectivity index (χ4v) is 2.27. The van der Waals surface area contributed by atoms with Crippen molar-refractivity contribution in [1.29, 1.82) is 0 Å². The number of hydrogen-bond acceptors (Lipinski definition) is 7. The number of nitrogen functional groups attached to an aromatic ring is 1. The predicted octanol–water partition coefficient (Wildman–Crippen LogP) is 1.88. The normalized spacial score (nSPS) is 10.3. The Morgan fingerprint density at radius 2 is 1.88 bits per heavy atom. The Morgan fingerprint density at radius 1 is 1.12 bits per heavy atom. The molecule has 9 heteroatoms. The Kier molecular flexibility index (Phi) is 3.89. The summed E-state index contributed by atoms with van der Waals surface area (Å²) in [6.07, 6.45) is 1.06. The van der Waals surface area contributed by atoms with Crippen molar-refractivity contribution in [3.8, 4) is 0 Å². The van der Waals surface area contributed by atoms with Crippen molar-refractivity contribution in [2.24, 2.45) is 0 Å². The van der Waals surface area contributed by atoms with Gasteiger partial charge in [0.15, 0.2) is 0 Å². The van der Waals surface area contributed by atoms with Crippen LogP contribution in [0.2, 0.25) is 0 Å². The fourth-order valence-electron chi connectivity index (χ4n) is 2.27. The number of hydrazine groups is 1. The fraction of sp³-hybridized carbons (Fsp3) is 0. The zero-order chi connectivity index (χ0) is 17.1. The molecule has 3 aromatic rings. The number of nitrogens with two attached hydrogens (primary N) is 1. The van der Waals surface area contributed by atoms with E-state index in [1.54, 1.807) is 12.1 Å². The summed E-state index contributed by atoms with van der Waals surface area (Å²) in [5, 5.41) is 12.7. The number of rotatable bonds is 4. The molecule has 1 heterocycles. The number of benzene rings is 2. The van der Waals surface area contributed by atoms with Crippen LogP contribution in [0, 0.1) is 10.1 Å². The molecule has 0 saturated carbocycles. The van der Waals surface area contributed by atoms with Crippen molar-refractivity contribution in [2.75, 3.05) is 11.2 Å². The first-order chi connectivity index (χ1) is 11.6. The Balaban J connectivity index is 1.86. The summed E-state index contributed by atoms with van der Waals surface area (Å²) in [6, 6.07) is 12.7. The average Bonchev–Trinajstić information content (AvgIpc) is 2.58. The number of nitro groups is 1. The van der Waals surface area contributed by atoms with Crippen LogP contribution in [0.3, 0.4) is 0 Å². The summed E-state index contributed by atoms with van der Waals surface area (Å²) in [6.45, 7) is 0. The van der Waals surface area contributed by atoms with Crippen LogP contribution < -0.4 is 16.6 Å². The Hall–Kier alpha value is -3.75. The second-order valence-corrected chi connectivity index (χ2v) is 4.82. The second-order valence-electron chi connectivity index (χ2n) is 4.82. The first-order valence-corrected chi connectivity index (χ1v) is 6.87. The molecule has 0 aliphatic heterocycles. The zero-order valence-electron chi connectivity index (χ0n) is 12.3. The van der Waals surface area contributed by atoms with Crippen LogP contribution in [-0.2, 0) is 0 Å². The lowest BCUT2D eigenvalue weighted by Crippen LogP contribution is -2.30. The topological polar surface area (TPSA) is 136 Å². The molecule has 0 unspecified atom stereocenters. The first kappa shape index (κ1) is 15.2. The number of aromatic nitrogens is 2. The van der Waals surface area contributed by atoms with Crippen molar-refractivity contribution in [3.63, 3.8) is 0 Å². The molecule has 0 aliphatic carbocycles. The molecule has 120 valence electrons. The summed E-state index contributed by atoms with van der Waals surface area (Å²) >= 11 is 0. The monoisotopic (exact) mass is 324 g/mol. The van der Waals surface area contributed by atoms with Gasteiger partial charge in [-0.25, -0.2) is 9.97 Å². The molecule has 1 amide bonds. The van der Waals surface area contributed by atoms with E-state index in [4.69, 9.17) is 5.73 Å². The number of nitrogens with one attached hydrogen (secondary N) is 2. The molecule has 1 aromatic heterocycles. The Labute approximate surface area is 135 Å². The third-order valence-corrected chi connectivity index (χ3v) is 3.36. The summed E-state index contributed by atoms with van der Waals surface area (Å²) < 4.78 is 0. The highest BCUT2D eigenvalue weighted by Crippen LogP contribution is 2.25. The van der Waals surface area contributed by atoms with E-state index < -0.39 is 16.5 Å². The number of nitrogens with zero attached hydrogens (tertiary/aromatic N) is 3. The molecule has 0 saturated heterocycles. The van der Waals surface area contributed by atoms with Gasteiger partial charge in [-0.15, -0.1) is 0 Å². The van der Waals surface area contributed by atoms with Gasteiger partial charge in [0.1, 0.15) is 6.33 Å². The Morgan fingerprint density at radius 3 is 2.67 bits per heavy atom. The smallest absolute Gasteiger partial charge is 0.354 e. The van der Waals surface area contributed by atoms with Gasteiger partial charge in [0.25, 0.3) is 5.91 Å². The molecule has 9 nitrogen and oxygen atoms in total. The van der Waals surface area contributed by atoms with Gasteiger partial charge in [-0.2, -0.15) is 0 Å². The lowest BCUT2D eigenvalue weighted by molar-refractivity contribution is -0.383. The van der Waals surface area contributed by atoms with Gasteiger partial charge in [-0.1, -0.05) is 36.4 Å². The number of fused-ring (bicyclic) bond motifs is 1. The third-order valence-electron chi connectivity index (χ3n) is 3.36. The van der Waals surface area contributed by atoms with Gasteiger partial charge in [0.2, 0.25) is 11.6 Å². The summed E-state index contributed by atoms with van der Waals surface area (Å²) in [7, 11) is 0. The minimum Gasteiger partial charge on any atom is -0.378 e. The van der Waals surface area contributed by atoms with Gasteiger partial charge in [0, 0.05) is 5.56 Å². The standard InChI is InChI=1S/C15H12N6O3/c16-13-12(21(23)24)14(18-8-17-13)19-20-15(22)11-7-3-5-9-4-1-2-6-10(9)11/h1-8H,(H,20,22)(H3,16,17,18,19). The maximum atomic E-state index is 12.4. The number of anilines is 2. The first-order valence-electron chi connectivity index (χ1n) is 6.87. The SMILES string of the molecule is Nc1ncnc(NNC(=O)c2cccc3ccccc23)c1[N+](=O)[O-]. The van der Waals surface area contributed by atoms with Crippen molar-refractivity contribution in [2.45, 2.75) is 0 Å². The lowest BCUT2D eigenvalue weighted by Gasteiger charge is -2.10. The van der Waals surface area contributed by atoms with Crippen LogP contribution in [0.5, 0.6) is 0 Å². The van der Waals surface area contributed by atoms with Crippen molar-refractivity contribution in [1.82, 2.24) is 15.4 Å². The van der Waals surface area contributed by atoms with E-state index in [0.717, 1.165) is 17.1 Å². The van der Waals surface area contributed by atoms with Gasteiger partial charge in [-0.3, -0.25) is 25.8 Å². The minimum atomic E-state index is -0.720. The molecule has 0 atom stereocenters. The van der Waals surface area contributed by atoms with Crippen LogP contribution in [0.1, 0.15) is 10.4 Å². The predicted molar refractivity (Wildman–Crippen MR) is 88.1 cm³/mol. The van der Waals surface area contributed by atoms with E-state index >= 15 is 0 Å². The van der Waals surface area contributed by atoms with Gasteiger partial charge >= 0.3 is 5.69 Å². The average molecular weight is 324 g/mol. The molecule has 0 bridgehead atoms. The van der Waals surface area contributed by atoms with Gasteiger partial charge < -0.3 is 5.73 Å². The molecule has 0 fully saturated rings. The van der Waals surface area contributed by atoms with E-state index in [1.165, 1.54) is 0 Å². The van der Waals surface area contributed by atoms with Crippen LogP contribution in [0.4, 0.5) is 17.3 Å². The molecule has 0 spiro atoms. The zero-order valence-corrected chi connectivity index (χ0v) is 12.3. The molecule has 4 N–H and O–H groups in total. The Bertz CT molecular complexity index is 938. The quantitative estimate of drug-likeness (QED) is 0.492. The summed E-state index contributed by atoms with van der Waals surface area (Å²) in [4.78, 5) is 30.0. The van der Waals surface area contributed by atoms with Crippen LogP contribution in [0.15, 0.2) is 48.8 Å². The van der Waals surface area contributed by atoms with Crippen molar-refractivity contribution >= 4 is 34.0 Å². The largest absolute Gasteiger partial charge is 0.378 e. The molecule has 24 heavy (non-hydrogen) atoms. The molecule has 3 rings (SSSR count). The number of hydrogen-bond donors (Lipinski definition) is 3. The van der Waals surface area contributed by atoms with Gasteiger partial charge in [-0.05, 0) is 16.8 Å². The van der Waals surface area contributed by atoms with E-state index in [0.29, 0.717) is 5.56 Å². The summed E-state index contributed by atoms with van der Waals surface area (Å²) in [5.41, 5.74) is 10.2. The molecule has 2 aromatic carbocycles. The number of carbonyl (C=O) groups is 1. The maximum absolute atomic E-state index is 12.4. The van der Waals surface area contributed by atoms with Gasteiger partial charge in [0.05, 0.1) is 4.92 Å². The summed E-state index contributed by atoms with van der Waals surface area (Å²) in [5.74, 6) is -0.948. The van der Waals surface area contributed by atoms with E-state index in [1.807, 2.05) is 30.3 Å². The van der Waals surface area contributed by atoms with E-state index in [-0.39, 0.29) is 11.6 Å². The van der Waals surface area contributed by atoms with Crippen molar-refractivity contribution < 1.29 is 9.72 Å². The molecular weight excluding hydrogens is 312 g/mol. The molecular formula is C15H12N6O3. The molecule has 0 radical (unpaired) electrons. The highest BCUT2D eigenvalue weighted by Gasteiger charge is 2.21. The van der Waals surface area contributed by atoms with E-state index in [9.17, 15) is 14.9 Å². The number of carbonyl (C=O) groups excluding carboxylic acids is 1. The van der Waals surface area contributed by atoms with E-state index in [2.05, 4.69) is 20.8 Å². The van der Waals surface area contributed by atoms with Crippen LogP contribution >= 0.6 is 0 Å².